The lowest BCUT2D eigenvalue weighted by molar-refractivity contribution is -0.384. The predicted octanol–water partition coefficient (Wildman–Crippen LogP) is 1.85. The van der Waals surface area contributed by atoms with Crippen LogP contribution >= 0.6 is 0 Å². The third-order valence-electron chi connectivity index (χ3n) is 3.55. The van der Waals surface area contributed by atoms with Gasteiger partial charge in [0.05, 0.1) is 4.92 Å². The fourth-order valence-electron chi connectivity index (χ4n) is 2.36. The molecule has 0 aliphatic carbocycles. The van der Waals surface area contributed by atoms with Gasteiger partial charge in [-0.3, -0.25) is 19.8 Å². The van der Waals surface area contributed by atoms with Crippen LogP contribution in [0.1, 0.15) is 13.3 Å². The summed E-state index contributed by atoms with van der Waals surface area (Å²) in [5.41, 5.74) is 0.590. The maximum atomic E-state index is 11.0. The molecule has 0 saturated heterocycles. The van der Waals surface area contributed by atoms with Crippen molar-refractivity contribution in [2.75, 3.05) is 31.5 Å². The highest BCUT2D eigenvalue weighted by Gasteiger charge is 2.11. The number of aryl methyl sites for hydroxylation is 1. The van der Waals surface area contributed by atoms with Crippen molar-refractivity contribution in [1.82, 2.24) is 20.4 Å². The molecule has 0 bridgehead atoms. The first kappa shape index (κ1) is 19.2. The Morgan fingerprint density at radius 1 is 1.27 bits per heavy atom. The Hall–Kier alpha value is -3.10. The lowest BCUT2D eigenvalue weighted by Crippen LogP contribution is -2.39. The number of nitrogens with zero attached hydrogens (tertiary/aromatic N) is 4. The van der Waals surface area contributed by atoms with Crippen molar-refractivity contribution in [1.29, 1.82) is 0 Å². The molecule has 0 aliphatic heterocycles. The topological polar surface area (TPSA) is 109 Å². The van der Waals surface area contributed by atoms with Gasteiger partial charge < -0.3 is 16.0 Å². The van der Waals surface area contributed by atoms with Gasteiger partial charge in [0, 0.05) is 51.2 Å². The van der Waals surface area contributed by atoms with E-state index in [1.54, 1.807) is 24.4 Å². The highest BCUT2D eigenvalue weighted by Crippen LogP contribution is 2.22. The summed E-state index contributed by atoms with van der Waals surface area (Å²) >= 11 is 0. The van der Waals surface area contributed by atoms with Crippen LogP contribution < -0.4 is 16.0 Å². The van der Waals surface area contributed by atoms with E-state index in [2.05, 4.69) is 26.0 Å². The van der Waals surface area contributed by atoms with Crippen molar-refractivity contribution < 1.29 is 4.92 Å². The number of aliphatic imine (C=N–C) groups is 1. The first-order valence-corrected chi connectivity index (χ1v) is 8.67. The Labute approximate surface area is 152 Å². The van der Waals surface area contributed by atoms with E-state index in [1.165, 1.54) is 6.07 Å². The number of anilines is 1. The highest BCUT2D eigenvalue weighted by molar-refractivity contribution is 5.79. The summed E-state index contributed by atoms with van der Waals surface area (Å²) in [6.07, 6.45) is 4.59. The van der Waals surface area contributed by atoms with Gasteiger partial charge in [-0.15, -0.1) is 0 Å². The minimum atomic E-state index is -0.388. The molecule has 0 spiro atoms. The SMILES string of the molecule is CCNC(=NCCCn1cccn1)NCCNc1ccccc1[N+](=O)[O-]. The first-order valence-electron chi connectivity index (χ1n) is 8.67. The normalized spacial score (nSPS) is 11.2. The molecule has 0 atom stereocenters. The van der Waals surface area contributed by atoms with E-state index in [0.717, 1.165) is 25.5 Å². The van der Waals surface area contributed by atoms with Crippen LogP contribution in [-0.2, 0) is 6.54 Å². The third kappa shape index (κ3) is 6.42. The van der Waals surface area contributed by atoms with E-state index in [4.69, 9.17) is 0 Å². The number of nitro groups is 1. The second-order valence-electron chi connectivity index (χ2n) is 5.51. The van der Waals surface area contributed by atoms with Gasteiger partial charge in [0.15, 0.2) is 5.96 Å². The van der Waals surface area contributed by atoms with Crippen LogP contribution in [-0.4, -0.2) is 46.8 Å². The molecule has 1 aromatic carbocycles. The zero-order chi connectivity index (χ0) is 18.6. The Bertz CT molecular complexity index is 701. The number of nitro benzene ring substituents is 1. The number of aromatic nitrogens is 2. The lowest BCUT2D eigenvalue weighted by atomic mass is 10.2. The molecule has 1 aromatic heterocycles. The molecule has 0 fully saturated rings. The number of nitrogens with one attached hydrogen (secondary N) is 3. The fraction of sp³-hybridized carbons (Fsp3) is 0.412. The fourth-order valence-corrected chi connectivity index (χ4v) is 2.36. The van der Waals surface area contributed by atoms with Gasteiger partial charge in [-0.2, -0.15) is 5.10 Å². The number of hydrogen-bond donors (Lipinski definition) is 3. The lowest BCUT2D eigenvalue weighted by Gasteiger charge is -2.12. The van der Waals surface area contributed by atoms with Gasteiger partial charge in [-0.05, 0) is 25.5 Å². The minimum absolute atomic E-state index is 0.0756. The van der Waals surface area contributed by atoms with Gasteiger partial charge in [0.1, 0.15) is 5.69 Å². The van der Waals surface area contributed by atoms with E-state index < -0.39 is 0 Å². The molecule has 0 amide bonds. The van der Waals surface area contributed by atoms with Crippen molar-refractivity contribution in [2.24, 2.45) is 4.99 Å². The summed E-state index contributed by atoms with van der Waals surface area (Å²) in [4.78, 5) is 15.1. The number of hydrogen-bond acceptors (Lipinski definition) is 5. The standard InChI is InChI=1S/C17H25N7O2/c1-2-18-17(20-9-5-13-23-14-6-10-22-23)21-12-11-19-15-7-3-4-8-16(15)24(25)26/h3-4,6-8,10,14,19H,2,5,9,11-13H2,1H3,(H2,18,20,21). The molecule has 0 saturated carbocycles. The van der Waals surface area contributed by atoms with Crippen molar-refractivity contribution in [3.63, 3.8) is 0 Å². The second-order valence-corrected chi connectivity index (χ2v) is 5.51. The van der Waals surface area contributed by atoms with Crippen molar-refractivity contribution in [2.45, 2.75) is 19.9 Å². The molecule has 1 heterocycles. The van der Waals surface area contributed by atoms with Gasteiger partial charge in [-0.1, -0.05) is 12.1 Å². The zero-order valence-corrected chi connectivity index (χ0v) is 14.9. The molecule has 9 nitrogen and oxygen atoms in total. The summed E-state index contributed by atoms with van der Waals surface area (Å²) in [5.74, 6) is 0.734. The van der Waals surface area contributed by atoms with Gasteiger partial charge in [0.2, 0.25) is 0 Å². The third-order valence-corrected chi connectivity index (χ3v) is 3.55. The van der Waals surface area contributed by atoms with Crippen LogP contribution in [0.2, 0.25) is 0 Å². The monoisotopic (exact) mass is 359 g/mol. The van der Waals surface area contributed by atoms with Crippen molar-refractivity contribution in [3.05, 3.63) is 52.8 Å². The molecule has 0 radical (unpaired) electrons. The van der Waals surface area contributed by atoms with Crippen molar-refractivity contribution >= 4 is 17.3 Å². The average molecular weight is 359 g/mol. The highest BCUT2D eigenvalue weighted by atomic mass is 16.6. The molecular weight excluding hydrogens is 334 g/mol. The number of para-hydroxylation sites is 2. The molecule has 26 heavy (non-hydrogen) atoms. The zero-order valence-electron chi connectivity index (χ0n) is 14.9. The summed E-state index contributed by atoms with van der Waals surface area (Å²) < 4.78 is 1.88. The van der Waals surface area contributed by atoms with E-state index in [1.807, 2.05) is 23.9 Å². The van der Waals surface area contributed by atoms with Crippen LogP contribution in [0.3, 0.4) is 0 Å². The summed E-state index contributed by atoms with van der Waals surface area (Å²) in [7, 11) is 0. The minimum Gasteiger partial charge on any atom is -0.378 e. The summed E-state index contributed by atoms with van der Waals surface area (Å²) in [6, 6.07) is 8.52. The van der Waals surface area contributed by atoms with E-state index >= 15 is 0 Å². The Kier molecular flexibility index (Phi) is 7.91. The van der Waals surface area contributed by atoms with Crippen molar-refractivity contribution in [3.8, 4) is 0 Å². The largest absolute Gasteiger partial charge is 0.378 e. The molecule has 9 heteroatoms. The maximum Gasteiger partial charge on any atom is 0.292 e. The van der Waals surface area contributed by atoms with Crippen LogP contribution in [0.5, 0.6) is 0 Å². The van der Waals surface area contributed by atoms with E-state index in [9.17, 15) is 10.1 Å². The molecule has 3 N–H and O–H groups in total. The van der Waals surface area contributed by atoms with Gasteiger partial charge in [-0.25, -0.2) is 0 Å². The predicted molar refractivity (Wildman–Crippen MR) is 102 cm³/mol. The van der Waals surface area contributed by atoms with Crippen LogP contribution in [0.25, 0.3) is 0 Å². The number of benzene rings is 1. The smallest absolute Gasteiger partial charge is 0.292 e. The summed E-state index contributed by atoms with van der Waals surface area (Å²) in [5, 5.41) is 24.6. The Morgan fingerprint density at radius 2 is 2.12 bits per heavy atom. The molecule has 0 unspecified atom stereocenters. The molecular formula is C17H25N7O2. The van der Waals surface area contributed by atoms with Crippen LogP contribution in [0.4, 0.5) is 11.4 Å². The van der Waals surface area contributed by atoms with Gasteiger partial charge in [0.25, 0.3) is 5.69 Å². The van der Waals surface area contributed by atoms with Crippen LogP contribution in [0, 0.1) is 10.1 Å². The Morgan fingerprint density at radius 3 is 2.85 bits per heavy atom. The number of guanidine groups is 1. The molecule has 2 rings (SSSR count). The number of rotatable bonds is 10. The molecule has 140 valence electrons. The van der Waals surface area contributed by atoms with Crippen LogP contribution in [0.15, 0.2) is 47.7 Å². The first-order chi connectivity index (χ1) is 12.7. The van der Waals surface area contributed by atoms with E-state index in [-0.39, 0.29) is 10.6 Å². The average Bonchev–Trinajstić information content (AvgIpc) is 3.16. The van der Waals surface area contributed by atoms with E-state index in [0.29, 0.717) is 25.3 Å². The second kappa shape index (κ2) is 10.7. The summed E-state index contributed by atoms with van der Waals surface area (Å²) in [6.45, 7) is 5.43. The maximum absolute atomic E-state index is 11.0. The Balaban J connectivity index is 1.74. The molecule has 0 aliphatic rings. The quantitative estimate of drug-likeness (QED) is 0.196. The molecule has 2 aromatic rings. The van der Waals surface area contributed by atoms with Gasteiger partial charge >= 0.3 is 0 Å².